The molecular formula is C81H113F5N12O15. The summed E-state index contributed by atoms with van der Waals surface area (Å²) in [7, 11) is 9.63. The van der Waals surface area contributed by atoms with Crippen LogP contribution >= 0.6 is 0 Å². The molecule has 3 aromatic carbocycles. The Morgan fingerprint density at radius 2 is 1.27 bits per heavy atom. The van der Waals surface area contributed by atoms with Crippen LogP contribution in [0.5, 0.6) is 0 Å². The van der Waals surface area contributed by atoms with Gasteiger partial charge in [-0.05, 0) is 132 Å². The average Bonchev–Trinajstić information content (AvgIpc) is 1.74. The van der Waals surface area contributed by atoms with Crippen molar-refractivity contribution in [2.75, 3.05) is 75.5 Å². The molecule has 12 amide bonds. The molecule has 0 aromatic heterocycles. The second kappa shape index (κ2) is 39.8. The number of nitrogens with one attached hydrogen (secondary N) is 3. The average molecular weight is 1590 g/mol. The predicted octanol–water partition coefficient (Wildman–Crippen LogP) is 7.12. The van der Waals surface area contributed by atoms with Gasteiger partial charge in [0.25, 0.3) is 0 Å². The van der Waals surface area contributed by atoms with Crippen LogP contribution in [0.25, 0.3) is 0 Å². The van der Waals surface area contributed by atoms with Crippen molar-refractivity contribution in [3.8, 4) is 0 Å². The summed E-state index contributed by atoms with van der Waals surface area (Å²) in [6.45, 7) is 11.2. The van der Waals surface area contributed by atoms with E-state index in [1.165, 1.54) is 75.9 Å². The van der Waals surface area contributed by atoms with Crippen LogP contribution in [0.4, 0.5) is 26.7 Å². The van der Waals surface area contributed by atoms with Gasteiger partial charge in [0.1, 0.15) is 83.7 Å². The zero-order chi connectivity index (χ0) is 83.8. The molecule has 32 heteroatoms. The Morgan fingerprint density at radius 1 is 0.655 bits per heavy atom. The first-order valence-electron chi connectivity index (χ1n) is 39.0. The van der Waals surface area contributed by atoms with Gasteiger partial charge in [0.15, 0.2) is 0 Å². The Kier molecular flexibility index (Phi) is 31.8. The molecule has 2 aliphatic carbocycles. The lowest BCUT2D eigenvalue weighted by atomic mass is 9.90. The van der Waals surface area contributed by atoms with E-state index in [1.54, 1.807) is 57.2 Å². The van der Waals surface area contributed by atoms with Crippen LogP contribution in [0, 0.1) is 36.3 Å². The minimum absolute atomic E-state index is 0.0171. The normalized spacial score (nSPS) is 18.2. The molecule has 0 unspecified atom stereocenters. The van der Waals surface area contributed by atoms with E-state index >= 15 is 28.0 Å². The number of halogens is 5. The molecule has 113 heavy (non-hydrogen) atoms. The number of carbonyl (C=O) groups is 13. The van der Waals surface area contributed by atoms with Gasteiger partial charge in [0.2, 0.25) is 65.0 Å². The number of aryl methyl sites for hydroxylation is 2. The third-order valence-corrected chi connectivity index (χ3v) is 22.8. The molecule has 0 bridgehead atoms. The minimum atomic E-state index is -5.41. The van der Waals surface area contributed by atoms with Crippen molar-refractivity contribution in [1.29, 1.82) is 0 Å². The molecule has 622 valence electrons. The monoisotopic (exact) mass is 1590 g/mol. The first-order valence-corrected chi connectivity index (χ1v) is 39.0. The number of alkyl halides is 3. The van der Waals surface area contributed by atoms with Gasteiger partial charge in [0.05, 0.1) is 13.0 Å². The molecule has 2 heterocycles. The molecule has 4 fully saturated rings. The maximum Gasteiger partial charge on any atom is 0.422 e. The minimum Gasteiger partial charge on any atom is -0.480 e. The first-order chi connectivity index (χ1) is 53.2. The van der Waals surface area contributed by atoms with E-state index in [0.29, 0.717) is 62.6 Å². The fourth-order valence-electron chi connectivity index (χ4n) is 15.6. The Hall–Kier alpha value is -9.78. The van der Waals surface area contributed by atoms with Crippen LogP contribution in [0.2, 0.25) is 0 Å². The highest BCUT2D eigenvalue weighted by Crippen LogP contribution is 2.39. The van der Waals surface area contributed by atoms with Crippen molar-refractivity contribution < 1.29 is 94.1 Å². The lowest BCUT2D eigenvalue weighted by Gasteiger charge is -2.43. The number of aliphatic carboxylic acids is 1. The van der Waals surface area contributed by atoms with Gasteiger partial charge in [-0.3, -0.25) is 57.6 Å². The second-order valence-electron chi connectivity index (χ2n) is 31.4. The second-order valence-corrected chi connectivity index (χ2v) is 31.4. The fourth-order valence-corrected chi connectivity index (χ4v) is 15.6. The number of hydrogen-bond acceptors (Lipinski definition) is 14. The van der Waals surface area contributed by atoms with E-state index in [2.05, 4.69) is 16.0 Å². The fraction of sp³-hybridized carbons (Fsp3) is 0.617. The van der Waals surface area contributed by atoms with Crippen LogP contribution in [0.15, 0.2) is 66.7 Å². The number of carboxylic acid groups (broad SMARTS) is 1. The summed E-state index contributed by atoms with van der Waals surface area (Å²) < 4.78 is 77.3. The molecule has 2 aliphatic heterocycles. The lowest BCUT2D eigenvalue weighted by Crippen LogP contribution is -2.65. The Morgan fingerprint density at radius 3 is 1.82 bits per heavy atom. The SMILES string of the molecule is CC[C@H](C)[C@H](NC(=O)[C@H](CC(C)C)N(C)C(=O)C[C@@H](C(=O)N(C)C)N(C)C(=O)[C@H](C1CCCC1)N(C)C(=O)C1(NC(=O)[C@@H]2CCCN2C(=O)[C@H](CCc2cc(F)c(C(F)(F)F)c(F)c2)NC(=O)CN(C)C(=O)[C@H](Cc2ccc(C)cc2)N(CC)C(=O)[C@@H]2CCN2C(=O)OCc2ccccc2)CCCC1)C(=O)N(C)[C@@H](C)C(=O)O. The number of rotatable bonds is 35. The molecule has 4 aliphatic rings. The van der Waals surface area contributed by atoms with Gasteiger partial charge in [-0.25, -0.2) is 18.4 Å². The topological polar surface area (TPSA) is 317 Å². The Bertz CT molecular complexity index is 3890. The van der Waals surface area contributed by atoms with Gasteiger partial charge in [-0.15, -0.1) is 0 Å². The highest BCUT2D eigenvalue weighted by molar-refractivity contribution is 6.01. The van der Waals surface area contributed by atoms with Gasteiger partial charge < -0.3 is 65.0 Å². The van der Waals surface area contributed by atoms with Crippen molar-refractivity contribution in [3.63, 3.8) is 0 Å². The molecule has 0 spiro atoms. The maximum atomic E-state index is 15.6. The summed E-state index contributed by atoms with van der Waals surface area (Å²) >= 11 is 0. The zero-order valence-electron chi connectivity index (χ0n) is 67.4. The molecule has 0 radical (unpaired) electrons. The van der Waals surface area contributed by atoms with Gasteiger partial charge in [-0.2, -0.15) is 13.2 Å². The zero-order valence-corrected chi connectivity index (χ0v) is 67.4. The number of amides is 12. The summed E-state index contributed by atoms with van der Waals surface area (Å²) in [5, 5.41) is 18.1. The molecular weight excluding hydrogens is 1480 g/mol. The van der Waals surface area contributed by atoms with Gasteiger partial charge >= 0.3 is 18.2 Å². The van der Waals surface area contributed by atoms with Crippen LogP contribution < -0.4 is 16.0 Å². The third-order valence-electron chi connectivity index (χ3n) is 22.8. The van der Waals surface area contributed by atoms with Crippen LogP contribution in [-0.4, -0.2) is 262 Å². The number of carboxylic acids is 1. The highest BCUT2D eigenvalue weighted by Gasteiger charge is 2.52. The van der Waals surface area contributed by atoms with E-state index in [4.69, 9.17) is 4.74 Å². The Labute approximate surface area is 658 Å². The molecule has 3 aromatic rings. The third kappa shape index (κ3) is 22.4. The summed E-state index contributed by atoms with van der Waals surface area (Å²) in [6.07, 6.45) is -3.58. The molecule has 27 nitrogen and oxygen atoms in total. The maximum absolute atomic E-state index is 15.6. The van der Waals surface area contributed by atoms with Crippen LogP contribution in [-0.2, 0) is 87.9 Å². The van der Waals surface area contributed by atoms with E-state index in [9.17, 15) is 61.4 Å². The van der Waals surface area contributed by atoms with Crippen LogP contribution in [0.1, 0.15) is 166 Å². The van der Waals surface area contributed by atoms with E-state index in [-0.39, 0.29) is 82.7 Å². The van der Waals surface area contributed by atoms with E-state index < -0.39 is 198 Å². The quantitative estimate of drug-likeness (QED) is 0.0426. The molecule has 2 saturated carbocycles. The lowest BCUT2D eigenvalue weighted by molar-refractivity contribution is -0.156. The summed E-state index contributed by atoms with van der Waals surface area (Å²) in [6, 6.07) is 5.34. The van der Waals surface area contributed by atoms with Crippen molar-refractivity contribution in [3.05, 3.63) is 106 Å². The van der Waals surface area contributed by atoms with Crippen molar-refractivity contribution in [2.45, 2.75) is 230 Å². The number of ether oxygens (including phenoxy) is 1. The van der Waals surface area contributed by atoms with Crippen molar-refractivity contribution in [2.24, 2.45) is 17.8 Å². The molecule has 4 N–H and O–H groups in total. The standard InChI is InChI=1S/C81H113F5N12O15/c1-15-50(6)67(75(107)92(11)51(7)77(109)110)88-69(101)61(41-48(3)4)93(12)65(100)45-62(72(104)90(8)9)94(13)76(108)68(55-27-20-21-28-55)95(14)78(111)80(37-22-23-38-80)89-70(102)59-29-24-39-97(59)71(103)58(35-34-54-42-56(82)66(57(83)43-54)81(84,85)86)87-64(99)46-91(10)73(105)63(44-52-32-30-49(5)31-33-52)96(16-2)74(106)60-36-40-98(60)79(112)113-47-53-25-18-17-19-26-53/h17-19,25-26,30-33,42-43,48,50-51,55,58-63,67-68H,15-16,20-24,27-29,34-41,44-47H2,1-14H3,(H,87,99)(H,88,101)(H,89,102)(H,109,110)/t50-,51-,58-,59-,60-,61-,62-,63-,67-,68-/m0/s1. The first kappa shape index (κ1) is 90.4. The van der Waals surface area contributed by atoms with Crippen molar-refractivity contribution in [1.82, 2.24) is 60.0 Å². The number of benzene rings is 3. The molecule has 10 atom stereocenters. The molecule has 7 rings (SSSR count). The van der Waals surface area contributed by atoms with E-state index in [1.807, 2.05) is 39.0 Å². The van der Waals surface area contributed by atoms with Crippen molar-refractivity contribution >= 4 is 77.0 Å². The number of hydrogen-bond donors (Lipinski definition) is 4. The van der Waals surface area contributed by atoms with E-state index in [0.717, 1.165) is 35.6 Å². The summed E-state index contributed by atoms with van der Waals surface area (Å²) in [5.74, 6) is -14.4. The number of nitrogens with zero attached hydrogens (tertiary/aromatic N) is 9. The number of likely N-dealkylation sites (tertiary alicyclic amines) is 2. The number of carbonyl (C=O) groups excluding carboxylic acids is 12. The summed E-state index contributed by atoms with van der Waals surface area (Å²) in [4.78, 5) is 199. The highest BCUT2D eigenvalue weighted by atomic mass is 19.4. The van der Waals surface area contributed by atoms with Gasteiger partial charge in [-0.1, -0.05) is 120 Å². The largest absolute Gasteiger partial charge is 0.480 e. The summed E-state index contributed by atoms with van der Waals surface area (Å²) in [5.41, 5.74) is -1.90. The smallest absolute Gasteiger partial charge is 0.422 e. The Balaban J connectivity index is 1.13. The molecule has 2 saturated heterocycles. The van der Waals surface area contributed by atoms with Crippen LogP contribution in [0.3, 0.4) is 0 Å². The predicted molar refractivity (Wildman–Crippen MR) is 407 cm³/mol. The number of likely N-dealkylation sites (N-methyl/N-ethyl adjacent to an activating group) is 7. The van der Waals surface area contributed by atoms with Gasteiger partial charge in [0, 0.05) is 75.4 Å².